The van der Waals surface area contributed by atoms with Crippen LogP contribution >= 0.6 is 11.3 Å². The van der Waals surface area contributed by atoms with Crippen LogP contribution in [0.5, 0.6) is 5.75 Å². The number of nitrogens with one attached hydrogen (secondary N) is 1. The maximum Gasteiger partial charge on any atom is 0.353 e. The Kier molecular flexibility index (Phi) is 6.11. The molecule has 6 nitrogen and oxygen atoms in total. The van der Waals surface area contributed by atoms with Crippen LogP contribution in [0.3, 0.4) is 0 Å². The number of hydrogen-bond donors (Lipinski definition) is 1. The van der Waals surface area contributed by atoms with Crippen molar-refractivity contribution in [2.75, 3.05) is 36.5 Å². The highest BCUT2D eigenvalue weighted by molar-refractivity contribution is 7.18. The second-order valence-electron chi connectivity index (χ2n) is 6.89. The SMILES string of the molecule is CC(=O)Nc1ccc(OC(=O)c2cc(-c3ccccc3)c(N3CCOCC3)s2)cc1. The van der Waals surface area contributed by atoms with Crippen molar-refractivity contribution < 1.29 is 19.1 Å². The fourth-order valence-corrected chi connectivity index (χ4v) is 4.38. The maximum absolute atomic E-state index is 12.8. The third kappa shape index (κ3) is 4.69. The number of rotatable bonds is 5. The minimum atomic E-state index is -0.399. The summed E-state index contributed by atoms with van der Waals surface area (Å²) in [5, 5.41) is 3.74. The van der Waals surface area contributed by atoms with Gasteiger partial charge < -0.3 is 19.7 Å². The van der Waals surface area contributed by atoms with Crippen LogP contribution in [0.2, 0.25) is 0 Å². The van der Waals surface area contributed by atoms with E-state index in [-0.39, 0.29) is 5.91 Å². The van der Waals surface area contributed by atoms with E-state index in [2.05, 4.69) is 10.2 Å². The molecule has 1 fully saturated rings. The number of amides is 1. The predicted molar refractivity (Wildman–Crippen MR) is 118 cm³/mol. The second-order valence-corrected chi connectivity index (χ2v) is 7.92. The summed E-state index contributed by atoms with van der Waals surface area (Å²) in [5.74, 6) is -0.122. The number of benzene rings is 2. The highest BCUT2D eigenvalue weighted by Gasteiger charge is 2.22. The molecule has 0 atom stereocenters. The molecule has 7 heteroatoms. The van der Waals surface area contributed by atoms with Gasteiger partial charge in [-0.05, 0) is 35.9 Å². The smallest absolute Gasteiger partial charge is 0.353 e. The number of morpholine rings is 1. The zero-order chi connectivity index (χ0) is 20.9. The quantitative estimate of drug-likeness (QED) is 0.487. The van der Waals surface area contributed by atoms with Crippen molar-refractivity contribution in [2.45, 2.75) is 6.92 Å². The van der Waals surface area contributed by atoms with Gasteiger partial charge in [0.1, 0.15) is 10.6 Å². The van der Waals surface area contributed by atoms with Gasteiger partial charge in [0.25, 0.3) is 0 Å². The molecular formula is C23H22N2O4S. The minimum absolute atomic E-state index is 0.151. The van der Waals surface area contributed by atoms with Crippen LogP contribution in [-0.4, -0.2) is 38.2 Å². The Morgan fingerprint density at radius 1 is 1.03 bits per heavy atom. The van der Waals surface area contributed by atoms with Gasteiger partial charge in [0.05, 0.1) is 18.2 Å². The fourth-order valence-electron chi connectivity index (χ4n) is 3.27. The highest BCUT2D eigenvalue weighted by Crippen LogP contribution is 2.39. The molecule has 0 bridgehead atoms. The molecule has 4 rings (SSSR count). The largest absolute Gasteiger partial charge is 0.422 e. The molecule has 1 amide bonds. The first-order chi connectivity index (χ1) is 14.6. The van der Waals surface area contributed by atoms with Gasteiger partial charge in [0.2, 0.25) is 5.91 Å². The number of ether oxygens (including phenoxy) is 2. The molecule has 0 saturated carbocycles. The average molecular weight is 423 g/mol. The molecule has 1 aliphatic rings. The predicted octanol–water partition coefficient (Wildman–Crippen LogP) is 4.43. The Balaban J connectivity index is 1.58. The molecule has 0 spiro atoms. The molecule has 1 saturated heterocycles. The Hall–Kier alpha value is -3.16. The lowest BCUT2D eigenvalue weighted by Crippen LogP contribution is -2.35. The van der Waals surface area contributed by atoms with Crippen LogP contribution in [0.25, 0.3) is 11.1 Å². The summed E-state index contributed by atoms with van der Waals surface area (Å²) in [6.45, 7) is 4.37. The number of anilines is 2. The summed E-state index contributed by atoms with van der Waals surface area (Å²) in [5.41, 5.74) is 2.74. The Bertz CT molecular complexity index is 1030. The van der Waals surface area contributed by atoms with E-state index < -0.39 is 5.97 Å². The Morgan fingerprint density at radius 3 is 2.40 bits per heavy atom. The van der Waals surface area contributed by atoms with E-state index in [1.165, 1.54) is 18.3 Å². The van der Waals surface area contributed by atoms with Gasteiger partial charge in [-0.3, -0.25) is 4.79 Å². The normalized spacial score (nSPS) is 13.7. The molecule has 1 aromatic heterocycles. The van der Waals surface area contributed by atoms with Crippen molar-refractivity contribution in [3.05, 3.63) is 65.5 Å². The molecule has 3 aromatic rings. The van der Waals surface area contributed by atoms with E-state index in [9.17, 15) is 9.59 Å². The molecule has 1 aliphatic heterocycles. The third-order valence-corrected chi connectivity index (χ3v) is 5.86. The summed E-state index contributed by atoms with van der Waals surface area (Å²) in [7, 11) is 0. The fraction of sp³-hybridized carbons (Fsp3) is 0.217. The molecule has 0 aliphatic carbocycles. The first-order valence-electron chi connectivity index (χ1n) is 9.72. The lowest BCUT2D eigenvalue weighted by atomic mass is 10.1. The van der Waals surface area contributed by atoms with Crippen LogP contribution in [0.4, 0.5) is 10.7 Å². The highest BCUT2D eigenvalue weighted by atomic mass is 32.1. The summed E-state index contributed by atoms with van der Waals surface area (Å²) in [6, 6.07) is 18.7. The Labute approximate surface area is 179 Å². The molecule has 2 aromatic carbocycles. The van der Waals surface area contributed by atoms with Crippen LogP contribution in [0, 0.1) is 0 Å². The summed E-state index contributed by atoms with van der Waals surface area (Å²) >= 11 is 1.44. The summed E-state index contributed by atoms with van der Waals surface area (Å²) < 4.78 is 11.0. The Morgan fingerprint density at radius 2 is 1.73 bits per heavy atom. The van der Waals surface area contributed by atoms with Gasteiger partial charge in [0, 0.05) is 31.3 Å². The van der Waals surface area contributed by atoms with Crippen LogP contribution in [0.1, 0.15) is 16.6 Å². The maximum atomic E-state index is 12.8. The zero-order valence-electron chi connectivity index (χ0n) is 16.6. The molecule has 154 valence electrons. The standard InChI is InChI=1S/C23H22N2O4S/c1-16(26)24-18-7-9-19(10-8-18)29-23(27)21-15-20(17-5-3-2-4-6-17)22(30-21)25-11-13-28-14-12-25/h2-10,15H,11-14H2,1H3,(H,24,26). The van der Waals surface area contributed by atoms with Gasteiger partial charge in [-0.2, -0.15) is 0 Å². The van der Waals surface area contributed by atoms with Crippen molar-refractivity contribution in [1.82, 2.24) is 0 Å². The number of nitrogens with zero attached hydrogens (tertiary/aromatic N) is 1. The van der Waals surface area contributed by atoms with Crippen LogP contribution in [0.15, 0.2) is 60.7 Å². The number of hydrogen-bond acceptors (Lipinski definition) is 6. The second kappa shape index (κ2) is 9.11. The molecule has 1 N–H and O–H groups in total. The first kappa shape index (κ1) is 20.1. The van der Waals surface area contributed by atoms with E-state index in [4.69, 9.17) is 9.47 Å². The van der Waals surface area contributed by atoms with Crippen molar-refractivity contribution in [3.63, 3.8) is 0 Å². The van der Waals surface area contributed by atoms with Gasteiger partial charge >= 0.3 is 5.97 Å². The monoisotopic (exact) mass is 422 g/mol. The van der Waals surface area contributed by atoms with E-state index in [0.717, 1.165) is 29.2 Å². The van der Waals surface area contributed by atoms with E-state index in [0.29, 0.717) is 29.5 Å². The average Bonchev–Trinajstić information content (AvgIpc) is 3.22. The van der Waals surface area contributed by atoms with Gasteiger partial charge in [0.15, 0.2) is 0 Å². The van der Waals surface area contributed by atoms with E-state index in [1.54, 1.807) is 24.3 Å². The molecule has 0 radical (unpaired) electrons. The van der Waals surface area contributed by atoms with Gasteiger partial charge in [-0.25, -0.2) is 4.79 Å². The van der Waals surface area contributed by atoms with Gasteiger partial charge in [-0.15, -0.1) is 11.3 Å². The molecular weight excluding hydrogens is 400 g/mol. The lowest BCUT2D eigenvalue weighted by molar-refractivity contribution is -0.114. The van der Waals surface area contributed by atoms with E-state index in [1.807, 2.05) is 36.4 Å². The lowest BCUT2D eigenvalue weighted by Gasteiger charge is -2.28. The summed E-state index contributed by atoms with van der Waals surface area (Å²) in [4.78, 5) is 26.8. The first-order valence-corrected chi connectivity index (χ1v) is 10.5. The van der Waals surface area contributed by atoms with Crippen molar-refractivity contribution >= 4 is 33.9 Å². The van der Waals surface area contributed by atoms with Crippen molar-refractivity contribution in [2.24, 2.45) is 0 Å². The van der Waals surface area contributed by atoms with Crippen molar-refractivity contribution in [3.8, 4) is 16.9 Å². The molecule has 30 heavy (non-hydrogen) atoms. The topological polar surface area (TPSA) is 67.9 Å². The van der Waals surface area contributed by atoms with Gasteiger partial charge in [-0.1, -0.05) is 30.3 Å². The summed E-state index contributed by atoms with van der Waals surface area (Å²) in [6.07, 6.45) is 0. The third-order valence-electron chi connectivity index (χ3n) is 4.68. The van der Waals surface area contributed by atoms with Crippen LogP contribution < -0.4 is 15.0 Å². The van der Waals surface area contributed by atoms with Crippen molar-refractivity contribution in [1.29, 1.82) is 0 Å². The number of carbonyl (C=O) groups is 2. The van der Waals surface area contributed by atoms with Crippen LogP contribution in [-0.2, 0) is 9.53 Å². The number of carbonyl (C=O) groups excluding carboxylic acids is 2. The minimum Gasteiger partial charge on any atom is -0.422 e. The number of esters is 1. The number of thiophene rings is 1. The zero-order valence-corrected chi connectivity index (χ0v) is 17.4. The van der Waals surface area contributed by atoms with E-state index >= 15 is 0 Å². The molecule has 0 unspecified atom stereocenters. The molecule has 2 heterocycles.